The van der Waals surface area contributed by atoms with Crippen molar-refractivity contribution in [1.29, 1.82) is 0 Å². The van der Waals surface area contributed by atoms with Gasteiger partial charge in [0.15, 0.2) is 17.2 Å². The Morgan fingerprint density at radius 1 is 1.00 bits per heavy atom. The van der Waals surface area contributed by atoms with Crippen LogP contribution >= 0.6 is 0 Å². The van der Waals surface area contributed by atoms with Crippen LogP contribution in [0.25, 0.3) is 0 Å². The number of nitrogens with zero attached hydrogens (tertiary/aromatic N) is 3. The van der Waals surface area contributed by atoms with Gasteiger partial charge in [-0.15, -0.1) is 0 Å². The van der Waals surface area contributed by atoms with Gasteiger partial charge in [-0.2, -0.15) is 0 Å². The van der Waals surface area contributed by atoms with E-state index in [0.29, 0.717) is 11.6 Å². The number of Topliss-reactive ketones (excluding diaryl/α,β-unsaturated/α-hetero) is 1. The SMILES string of the molecule is CC(=O)N1CN(Cc2ccc(F)cc2)C(=O)c2c(O)c(=O)c(C(=O)CCc3ccc(F)cc3F)cn21. The Morgan fingerprint density at radius 2 is 1.67 bits per heavy atom. The molecule has 2 heterocycles. The number of aryl methyl sites for hydroxylation is 1. The number of carbonyl (C=O) groups excluding carboxylic acids is 3. The molecule has 8 nitrogen and oxygen atoms in total. The third kappa shape index (κ3) is 4.72. The molecule has 0 fully saturated rings. The highest BCUT2D eigenvalue weighted by Crippen LogP contribution is 2.24. The summed E-state index contributed by atoms with van der Waals surface area (Å²) in [5, 5.41) is 11.7. The maximum absolute atomic E-state index is 13.9. The molecular weight excluding hydrogens is 479 g/mol. The number of hydrogen-bond donors (Lipinski definition) is 1. The molecule has 1 aromatic heterocycles. The smallest absolute Gasteiger partial charge is 0.278 e. The van der Waals surface area contributed by atoms with E-state index in [1.807, 2.05) is 0 Å². The van der Waals surface area contributed by atoms with Crippen molar-refractivity contribution in [2.75, 3.05) is 11.7 Å². The van der Waals surface area contributed by atoms with E-state index in [9.17, 15) is 37.5 Å². The van der Waals surface area contributed by atoms with Gasteiger partial charge >= 0.3 is 0 Å². The molecule has 0 saturated heterocycles. The Labute approximate surface area is 202 Å². The molecule has 1 N–H and O–H groups in total. The first-order chi connectivity index (χ1) is 17.1. The number of benzene rings is 2. The zero-order valence-electron chi connectivity index (χ0n) is 19.0. The van der Waals surface area contributed by atoms with Crippen LogP contribution in [0.2, 0.25) is 0 Å². The highest BCUT2D eigenvalue weighted by molar-refractivity contribution is 6.01. The van der Waals surface area contributed by atoms with E-state index in [1.165, 1.54) is 42.2 Å². The number of carbonyl (C=O) groups is 3. The van der Waals surface area contributed by atoms with Crippen LogP contribution in [0.3, 0.4) is 0 Å². The highest BCUT2D eigenvalue weighted by Gasteiger charge is 2.35. The van der Waals surface area contributed by atoms with Gasteiger partial charge in [0.2, 0.25) is 11.3 Å². The first-order valence-corrected chi connectivity index (χ1v) is 10.8. The first kappa shape index (κ1) is 24.7. The Kier molecular flexibility index (Phi) is 6.65. The molecule has 186 valence electrons. The summed E-state index contributed by atoms with van der Waals surface area (Å²) in [6.45, 7) is 0.888. The number of amides is 2. The third-order valence-electron chi connectivity index (χ3n) is 5.81. The van der Waals surface area contributed by atoms with Gasteiger partial charge in [-0.1, -0.05) is 18.2 Å². The monoisotopic (exact) mass is 499 g/mol. The molecule has 1 aliphatic rings. The van der Waals surface area contributed by atoms with Crippen molar-refractivity contribution in [3.8, 4) is 5.75 Å². The van der Waals surface area contributed by atoms with Gasteiger partial charge in [-0.3, -0.25) is 19.2 Å². The van der Waals surface area contributed by atoms with Crippen LogP contribution in [-0.2, 0) is 17.8 Å². The normalized spacial score (nSPS) is 13.1. The second kappa shape index (κ2) is 9.68. The fourth-order valence-corrected chi connectivity index (χ4v) is 3.91. The summed E-state index contributed by atoms with van der Waals surface area (Å²) in [5.74, 6) is -5.21. The van der Waals surface area contributed by atoms with E-state index in [2.05, 4.69) is 0 Å². The third-order valence-corrected chi connectivity index (χ3v) is 5.81. The minimum Gasteiger partial charge on any atom is -0.502 e. The van der Waals surface area contributed by atoms with Crippen molar-refractivity contribution >= 4 is 17.6 Å². The molecule has 0 unspecified atom stereocenters. The van der Waals surface area contributed by atoms with Gasteiger partial charge in [0, 0.05) is 32.2 Å². The lowest BCUT2D eigenvalue weighted by Crippen LogP contribution is -2.55. The average molecular weight is 499 g/mol. The van der Waals surface area contributed by atoms with Crippen LogP contribution in [0.4, 0.5) is 13.2 Å². The van der Waals surface area contributed by atoms with E-state index in [-0.39, 0.29) is 31.6 Å². The summed E-state index contributed by atoms with van der Waals surface area (Å²) in [4.78, 5) is 52.3. The number of aromatic hydroxyl groups is 1. The summed E-state index contributed by atoms with van der Waals surface area (Å²) in [5.41, 5.74) is -1.52. The molecule has 2 aromatic carbocycles. The van der Waals surface area contributed by atoms with Crippen molar-refractivity contribution in [1.82, 2.24) is 9.58 Å². The van der Waals surface area contributed by atoms with Gasteiger partial charge in [0.05, 0.1) is 5.56 Å². The van der Waals surface area contributed by atoms with E-state index < -0.39 is 57.5 Å². The van der Waals surface area contributed by atoms with Gasteiger partial charge in [-0.25, -0.2) is 22.9 Å². The first-order valence-electron chi connectivity index (χ1n) is 10.8. The van der Waals surface area contributed by atoms with E-state index >= 15 is 0 Å². The number of hydrogen-bond acceptors (Lipinski definition) is 5. The number of halogens is 3. The average Bonchev–Trinajstić information content (AvgIpc) is 2.83. The molecule has 2 amide bonds. The second-order valence-electron chi connectivity index (χ2n) is 8.26. The minimum atomic E-state index is -1.12. The van der Waals surface area contributed by atoms with Crippen LogP contribution in [0.15, 0.2) is 53.5 Å². The summed E-state index contributed by atoms with van der Waals surface area (Å²) < 4.78 is 41.2. The van der Waals surface area contributed by atoms with Gasteiger partial charge in [0.1, 0.15) is 24.1 Å². The molecule has 4 rings (SSSR count). The molecule has 0 bridgehead atoms. The highest BCUT2D eigenvalue weighted by atomic mass is 19.1. The number of fused-ring (bicyclic) bond motifs is 1. The van der Waals surface area contributed by atoms with Crippen LogP contribution in [-0.4, -0.2) is 38.9 Å². The van der Waals surface area contributed by atoms with E-state index in [4.69, 9.17) is 0 Å². The summed E-state index contributed by atoms with van der Waals surface area (Å²) in [6.07, 6.45) is 0.504. The van der Waals surface area contributed by atoms with Crippen molar-refractivity contribution < 1.29 is 32.7 Å². The molecule has 0 atom stereocenters. The lowest BCUT2D eigenvalue weighted by atomic mass is 10.0. The predicted octanol–water partition coefficient (Wildman–Crippen LogP) is 2.88. The Morgan fingerprint density at radius 3 is 2.31 bits per heavy atom. The number of ketones is 1. The summed E-state index contributed by atoms with van der Waals surface area (Å²) in [6, 6.07) is 8.21. The maximum Gasteiger partial charge on any atom is 0.278 e. The van der Waals surface area contributed by atoms with Gasteiger partial charge in [0.25, 0.3) is 5.91 Å². The lowest BCUT2D eigenvalue weighted by Gasteiger charge is -2.38. The van der Waals surface area contributed by atoms with Crippen molar-refractivity contribution in [3.63, 3.8) is 0 Å². The largest absolute Gasteiger partial charge is 0.502 e. The minimum absolute atomic E-state index is 0.0412. The molecule has 1 aliphatic heterocycles. The number of rotatable bonds is 6. The van der Waals surface area contributed by atoms with Crippen molar-refractivity contribution in [3.05, 3.63) is 98.7 Å². The Balaban J connectivity index is 1.66. The van der Waals surface area contributed by atoms with E-state index in [1.54, 1.807) is 0 Å². The molecule has 0 saturated carbocycles. The molecule has 11 heteroatoms. The van der Waals surface area contributed by atoms with Crippen LogP contribution in [0, 0.1) is 17.5 Å². The Bertz CT molecular complexity index is 1440. The van der Waals surface area contributed by atoms with E-state index in [0.717, 1.165) is 21.9 Å². The topological polar surface area (TPSA) is 99.9 Å². The molecule has 3 aromatic rings. The van der Waals surface area contributed by atoms with Crippen LogP contribution < -0.4 is 10.4 Å². The summed E-state index contributed by atoms with van der Waals surface area (Å²) in [7, 11) is 0. The number of aromatic nitrogens is 1. The molecular formula is C25H20F3N3O5. The van der Waals surface area contributed by atoms with Crippen LogP contribution in [0.1, 0.15) is 45.3 Å². The second-order valence-corrected chi connectivity index (χ2v) is 8.26. The predicted molar refractivity (Wildman–Crippen MR) is 121 cm³/mol. The lowest BCUT2D eigenvalue weighted by molar-refractivity contribution is -0.118. The quantitative estimate of drug-likeness (QED) is 0.526. The zero-order chi connectivity index (χ0) is 26.1. The summed E-state index contributed by atoms with van der Waals surface area (Å²) >= 11 is 0. The molecule has 0 aliphatic carbocycles. The molecule has 0 spiro atoms. The van der Waals surface area contributed by atoms with Gasteiger partial charge in [-0.05, 0) is 35.7 Å². The standard InChI is InChI=1S/C25H20F3N3O5/c1-14(32)31-13-29(11-15-2-6-17(26)7-3-15)25(36)22-24(35)23(34)19(12-30(22)31)21(33)9-5-16-4-8-18(27)10-20(16)28/h2-4,6-8,10,12,35H,5,9,11,13H2,1H3. The van der Waals surface area contributed by atoms with Crippen LogP contribution in [0.5, 0.6) is 5.75 Å². The number of pyridine rings is 1. The van der Waals surface area contributed by atoms with Crippen molar-refractivity contribution in [2.45, 2.75) is 26.3 Å². The fraction of sp³-hybridized carbons (Fsp3) is 0.200. The zero-order valence-corrected chi connectivity index (χ0v) is 19.0. The molecule has 0 radical (unpaired) electrons. The van der Waals surface area contributed by atoms with Crippen molar-refractivity contribution in [2.24, 2.45) is 0 Å². The Hall–Kier alpha value is -4.41. The van der Waals surface area contributed by atoms with Gasteiger partial charge < -0.3 is 10.0 Å². The maximum atomic E-state index is 13.9. The molecule has 36 heavy (non-hydrogen) atoms. The fourth-order valence-electron chi connectivity index (χ4n) is 3.91.